The number of nitrogens with two attached hydrogens (primary N) is 1. The number of H-pyrrole nitrogens is 1. The molecule has 140 valence electrons. The van der Waals surface area contributed by atoms with E-state index in [1.54, 1.807) is 0 Å². The molecule has 5 nitrogen and oxygen atoms in total. The van der Waals surface area contributed by atoms with Crippen LogP contribution in [0.25, 0.3) is 10.9 Å². The fourth-order valence-corrected chi connectivity index (χ4v) is 3.42. The molecule has 1 saturated heterocycles. The van der Waals surface area contributed by atoms with Gasteiger partial charge in [0.05, 0.1) is 5.52 Å². The van der Waals surface area contributed by atoms with Crippen molar-refractivity contribution in [1.29, 1.82) is 0 Å². The van der Waals surface area contributed by atoms with Crippen molar-refractivity contribution < 1.29 is 4.79 Å². The Labute approximate surface area is 151 Å². The standard InChI is InChI=1S/C9H9N3O.C8H15N.C2H6.CH4/c1-5-2-3-6-7(4-5)11-12-8(6)9(10)13;1-2-8-4-6-9-5-3-7(1)8;1-2;/h2-4H,1H3,(H2,10,13)(H,11,12);7-9H,1-6H2;1-2H3;1H4. The molecule has 2 atom stereocenters. The highest BCUT2D eigenvalue weighted by Crippen LogP contribution is 2.39. The number of carbonyl (C=O) groups excluding carboxylic acids is 1. The molecule has 0 radical (unpaired) electrons. The van der Waals surface area contributed by atoms with Crippen molar-refractivity contribution in [3.63, 3.8) is 0 Å². The largest absolute Gasteiger partial charge is 0.364 e. The molecule has 0 spiro atoms. The quantitative estimate of drug-likeness (QED) is 0.729. The Morgan fingerprint density at radius 1 is 1.12 bits per heavy atom. The molecule has 2 fully saturated rings. The summed E-state index contributed by atoms with van der Waals surface area (Å²) in [5.41, 5.74) is 7.40. The Kier molecular flexibility index (Phi) is 8.62. The van der Waals surface area contributed by atoms with Crippen LogP contribution in [0.3, 0.4) is 0 Å². The molecule has 0 bridgehead atoms. The Balaban J connectivity index is 0.000000229. The molecule has 4 N–H and O–H groups in total. The van der Waals surface area contributed by atoms with Crippen molar-refractivity contribution in [1.82, 2.24) is 15.5 Å². The van der Waals surface area contributed by atoms with Crippen LogP contribution in [0.5, 0.6) is 0 Å². The summed E-state index contributed by atoms with van der Waals surface area (Å²) in [5, 5.41) is 10.8. The summed E-state index contributed by atoms with van der Waals surface area (Å²) in [6, 6.07) is 5.69. The maximum Gasteiger partial charge on any atom is 0.269 e. The van der Waals surface area contributed by atoms with Crippen molar-refractivity contribution >= 4 is 16.8 Å². The number of carbonyl (C=O) groups is 1. The van der Waals surface area contributed by atoms with E-state index in [1.165, 1.54) is 38.8 Å². The van der Waals surface area contributed by atoms with Crippen molar-refractivity contribution in [2.45, 2.75) is 53.9 Å². The summed E-state index contributed by atoms with van der Waals surface area (Å²) in [6.45, 7) is 8.53. The molecule has 2 aromatic rings. The molecule has 1 aliphatic heterocycles. The first kappa shape index (κ1) is 21.2. The van der Waals surface area contributed by atoms with Gasteiger partial charge in [0.25, 0.3) is 5.91 Å². The smallest absolute Gasteiger partial charge is 0.269 e. The summed E-state index contributed by atoms with van der Waals surface area (Å²) in [4.78, 5) is 10.9. The molecule has 1 aliphatic carbocycles. The molecule has 1 aromatic carbocycles. The number of nitrogens with zero attached hydrogens (tertiary/aromatic N) is 1. The monoisotopic (exact) mass is 346 g/mol. The minimum Gasteiger partial charge on any atom is -0.364 e. The first-order chi connectivity index (χ1) is 11.6. The van der Waals surface area contributed by atoms with E-state index >= 15 is 0 Å². The second kappa shape index (κ2) is 10.2. The summed E-state index contributed by atoms with van der Waals surface area (Å²) in [5.74, 6) is 1.72. The molecule has 1 saturated carbocycles. The minimum absolute atomic E-state index is 0. The first-order valence-electron chi connectivity index (χ1n) is 9.10. The van der Waals surface area contributed by atoms with Gasteiger partial charge in [-0.2, -0.15) is 5.10 Å². The molecule has 4 rings (SSSR count). The highest BCUT2D eigenvalue weighted by Gasteiger charge is 2.30. The molecule has 1 aromatic heterocycles. The molecule has 2 unspecified atom stereocenters. The van der Waals surface area contributed by atoms with Gasteiger partial charge in [0.2, 0.25) is 0 Å². The number of nitrogens with one attached hydrogen (secondary N) is 2. The van der Waals surface area contributed by atoms with Crippen molar-refractivity contribution in [3.8, 4) is 0 Å². The second-order valence-corrected chi connectivity index (χ2v) is 6.41. The van der Waals surface area contributed by atoms with Crippen LogP contribution in [-0.4, -0.2) is 29.2 Å². The van der Waals surface area contributed by atoms with Crippen LogP contribution >= 0.6 is 0 Å². The van der Waals surface area contributed by atoms with E-state index < -0.39 is 5.91 Å². The van der Waals surface area contributed by atoms with E-state index in [1.807, 2.05) is 39.0 Å². The predicted octanol–water partition coefficient (Wildman–Crippen LogP) is 4.03. The Bertz CT molecular complexity index is 653. The first-order valence-corrected chi connectivity index (χ1v) is 9.10. The summed E-state index contributed by atoms with van der Waals surface area (Å²) < 4.78 is 0. The van der Waals surface area contributed by atoms with Gasteiger partial charge >= 0.3 is 0 Å². The van der Waals surface area contributed by atoms with E-state index in [0.29, 0.717) is 5.69 Å². The average Bonchev–Trinajstić information content (AvgIpc) is 2.91. The van der Waals surface area contributed by atoms with E-state index in [9.17, 15) is 4.79 Å². The van der Waals surface area contributed by atoms with Crippen molar-refractivity contribution in [3.05, 3.63) is 29.5 Å². The number of aryl methyl sites for hydroxylation is 1. The van der Waals surface area contributed by atoms with Crippen LogP contribution in [0.2, 0.25) is 0 Å². The van der Waals surface area contributed by atoms with Gasteiger partial charge in [0.1, 0.15) is 0 Å². The normalized spacial score (nSPS) is 21.1. The summed E-state index contributed by atoms with van der Waals surface area (Å²) in [6.07, 6.45) is 5.94. The highest BCUT2D eigenvalue weighted by atomic mass is 16.1. The third-order valence-electron chi connectivity index (χ3n) is 4.91. The topological polar surface area (TPSA) is 83.8 Å². The Hall–Kier alpha value is -1.88. The summed E-state index contributed by atoms with van der Waals surface area (Å²) in [7, 11) is 0. The molecule has 2 aliphatic rings. The van der Waals surface area contributed by atoms with Crippen molar-refractivity contribution in [2.24, 2.45) is 17.6 Å². The number of primary amides is 1. The van der Waals surface area contributed by atoms with Gasteiger partial charge in [-0.1, -0.05) is 33.4 Å². The van der Waals surface area contributed by atoms with Crippen LogP contribution in [0, 0.1) is 18.8 Å². The van der Waals surface area contributed by atoms with E-state index in [0.717, 1.165) is 28.3 Å². The van der Waals surface area contributed by atoms with Gasteiger partial charge in [-0.25, -0.2) is 0 Å². The van der Waals surface area contributed by atoms with Crippen LogP contribution in [-0.2, 0) is 0 Å². The number of benzene rings is 1. The molecule has 1 amide bonds. The van der Waals surface area contributed by atoms with Gasteiger partial charge in [0.15, 0.2) is 5.69 Å². The minimum atomic E-state index is -0.505. The number of rotatable bonds is 1. The molecule has 2 heterocycles. The lowest BCUT2D eigenvalue weighted by Crippen LogP contribution is -2.24. The fraction of sp³-hybridized carbons (Fsp3) is 0.600. The number of aromatic amines is 1. The number of hydrogen-bond donors (Lipinski definition) is 3. The van der Waals surface area contributed by atoms with E-state index in [-0.39, 0.29) is 7.43 Å². The second-order valence-electron chi connectivity index (χ2n) is 6.41. The molecular formula is C20H34N4O. The summed E-state index contributed by atoms with van der Waals surface area (Å²) >= 11 is 0. The zero-order valence-corrected chi connectivity index (χ0v) is 15.1. The predicted molar refractivity (Wildman–Crippen MR) is 106 cm³/mol. The third-order valence-corrected chi connectivity index (χ3v) is 4.91. The average molecular weight is 347 g/mol. The SMILES string of the molecule is C.C1CC2CCC2CCN1.CC.Cc1ccc2c(C(N)=O)n[nH]c2c1. The van der Waals surface area contributed by atoms with E-state index in [4.69, 9.17) is 5.73 Å². The van der Waals surface area contributed by atoms with Crippen LogP contribution in [0.1, 0.15) is 63.0 Å². The van der Waals surface area contributed by atoms with Gasteiger partial charge in [-0.3, -0.25) is 9.89 Å². The molecule has 5 heteroatoms. The van der Waals surface area contributed by atoms with Crippen LogP contribution < -0.4 is 11.1 Å². The maximum absolute atomic E-state index is 10.9. The number of hydrogen-bond acceptors (Lipinski definition) is 3. The Morgan fingerprint density at radius 2 is 1.72 bits per heavy atom. The molecule has 25 heavy (non-hydrogen) atoms. The van der Waals surface area contributed by atoms with Crippen molar-refractivity contribution in [2.75, 3.05) is 13.1 Å². The van der Waals surface area contributed by atoms with E-state index in [2.05, 4.69) is 15.5 Å². The van der Waals surface area contributed by atoms with Crippen LogP contribution in [0.15, 0.2) is 18.2 Å². The maximum atomic E-state index is 10.9. The zero-order chi connectivity index (χ0) is 17.5. The highest BCUT2D eigenvalue weighted by molar-refractivity contribution is 6.03. The van der Waals surface area contributed by atoms with Gasteiger partial charge in [0, 0.05) is 5.39 Å². The zero-order valence-electron chi connectivity index (χ0n) is 15.1. The lowest BCUT2D eigenvalue weighted by atomic mass is 9.71. The van der Waals surface area contributed by atoms with Gasteiger partial charge < -0.3 is 11.1 Å². The number of amides is 1. The Morgan fingerprint density at radius 3 is 2.24 bits per heavy atom. The van der Waals surface area contributed by atoms with Crippen LogP contribution in [0.4, 0.5) is 0 Å². The van der Waals surface area contributed by atoms with Gasteiger partial charge in [-0.15, -0.1) is 0 Å². The number of fused-ring (bicyclic) bond motifs is 2. The number of aromatic nitrogens is 2. The molecular weight excluding hydrogens is 312 g/mol. The lowest BCUT2D eigenvalue weighted by molar-refractivity contribution is 0.0997. The van der Waals surface area contributed by atoms with Gasteiger partial charge in [-0.05, 0) is 69.2 Å². The fourth-order valence-electron chi connectivity index (χ4n) is 3.42. The third kappa shape index (κ3) is 5.30. The lowest BCUT2D eigenvalue weighted by Gasteiger charge is -2.34.